The van der Waals surface area contributed by atoms with Crippen molar-refractivity contribution in [3.63, 3.8) is 0 Å². The van der Waals surface area contributed by atoms with Gasteiger partial charge in [0.15, 0.2) is 0 Å². The highest BCUT2D eigenvalue weighted by Crippen LogP contribution is 2.50. The molecular weight excluding hydrogens is 368 g/mol. The van der Waals surface area contributed by atoms with Crippen LogP contribution in [0.1, 0.15) is 51.4 Å². The molecule has 3 aromatic carbocycles. The van der Waals surface area contributed by atoms with Gasteiger partial charge >= 0.3 is 5.97 Å². The molecule has 2 aliphatic carbocycles. The topological polar surface area (TPSA) is 26.3 Å². The number of allylic oxidation sites excluding steroid dienone is 2. The highest BCUT2D eigenvalue weighted by atomic mass is 16.5. The number of fused-ring (bicyclic) bond motifs is 3. The minimum Gasteiger partial charge on any atom is -0.426 e. The fourth-order valence-corrected chi connectivity index (χ4v) is 4.44. The molecule has 0 bridgehead atoms. The van der Waals surface area contributed by atoms with Gasteiger partial charge in [-0.05, 0) is 52.8 Å². The fraction of sp³-hybridized carbons (Fsp3) is 0.107. The minimum atomic E-state index is -0.309. The summed E-state index contributed by atoms with van der Waals surface area (Å²) in [5, 5.41) is 0. The van der Waals surface area contributed by atoms with Crippen LogP contribution >= 0.6 is 0 Å². The Balaban J connectivity index is 1.62. The molecule has 0 heterocycles. The summed E-state index contributed by atoms with van der Waals surface area (Å²) >= 11 is 0. The maximum absolute atomic E-state index is 13.0. The van der Waals surface area contributed by atoms with E-state index in [0.717, 1.165) is 35.3 Å². The lowest BCUT2D eigenvalue weighted by Crippen LogP contribution is -2.17. The summed E-state index contributed by atoms with van der Waals surface area (Å²) in [4.78, 5) is 13.0. The van der Waals surface area contributed by atoms with E-state index in [1.807, 2.05) is 24.3 Å². The number of esters is 1. The van der Waals surface area contributed by atoms with E-state index in [0.29, 0.717) is 5.56 Å². The zero-order valence-corrected chi connectivity index (χ0v) is 16.7. The second kappa shape index (κ2) is 7.64. The summed E-state index contributed by atoms with van der Waals surface area (Å²) in [6.07, 6.45) is 5.91. The first-order valence-corrected chi connectivity index (χ1v) is 10.3. The van der Waals surface area contributed by atoms with Gasteiger partial charge in [-0.2, -0.15) is 0 Å². The number of carbonyl (C=O) groups is 1. The maximum atomic E-state index is 13.0. The second-order valence-corrected chi connectivity index (χ2v) is 7.71. The molecule has 1 atom stereocenters. The molecule has 0 spiro atoms. The molecule has 0 amide bonds. The van der Waals surface area contributed by atoms with Crippen molar-refractivity contribution < 1.29 is 9.53 Å². The largest absolute Gasteiger partial charge is 0.426 e. The summed E-state index contributed by atoms with van der Waals surface area (Å²) in [5.41, 5.74) is 7.59. The van der Waals surface area contributed by atoms with E-state index in [1.165, 1.54) is 16.7 Å². The molecule has 0 saturated heterocycles. The Morgan fingerprint density at radius 3 is 2.40 bits per heavy atom. The van der Waals surface area contributed by atoms with Crippen molar-refractivity contribution in [3.8, 4) is 0 Å². The van der Waals surface area contributed by atoms with Crippen LogP contribution in [0.4, 0.5) is 0 Å². The number of hydrogen-bond acceptors (Lipinski definition) is 2. The first-order chi connectivity index (χ1) is 14.7. The van der Waals surface area contributed by atoms with Crippen molar-refractivity contribution in [1.29, 1.82) is 0 Å². The monoisotopic (exact) mass is 390 g/mol. The molecule has 2 aliphatic rings. The molecule has 0 fully saturated rings. The molecular formula is C28H22O2. The predicted octanol–water partition coefficient (Wildman–Crippen LogP) is 6.87. The average molecular weight is 390 g/mol. The molecule has 3 aromatic rings. The molecule has 0 aromatic heterocycles. The van der Waals surface area contributed by atoms with Crippen LogP contribution in [0.3, 0.4) is 0 Å². The smallest absolute Gasteiger partial charge is 0.343 e. The minimum absolute atomic E-state index is 0.00306. The normalized spacial score (nSPS) is 17.1. The molecule has 2 nitrogen and oxygen atoms in total. The van der Waals surface area contributed by atoms with Gasteiger partial charge in [-0.15, -0.1) is 0 Å². The van der Waals surface area contributed by atoms with Gasteiger partial charge in [-0.25, -0.2) is 4.79 Å². The van der Waals surface area contributed by atoms with Gasteiger partial charge in [0.05, 0.1) is 11.5 Å². The van der Waals surface area contributed by atoms with Crippen LogP contribution in [-0.4, -0.2) is 5.97 Å². The highest BCUT2D eigenvalue weighted by Gasteiger charge is 2.36. The number of hydrogen-bond donors (Lipinski definition) is 0. The van der Waals surface area contributed by atoms with Crippen LogP contribution in [0.15, 0.2) is 96.8 Å². The van der Waals surface area contributed by atoms with Crippen LogP contribution in [-0.2, 0) is 4.74 Å². The van der Waals surface area contributed by atoms with E-state index >= 15 is 0 Å². The van der Waals surface area contributed by atoms with E-state index in [4.69, 9.17) is 4.74 Å². The maximum Gasteiger partial charge on any atom is 0.343 e. The Labute approximate surface area is 176 Å². The van der Waals surface area contributed by atoms with E-state index in [2.05, 4.69) is 61.2 Å². The number of benzene rings is 3. The van der Waals surface area contributed by atoms with Gasteiger partial charge in [0.1, 0.15) is 5.76 Å². The van der Waals surface area contributed by atoms with Gasteiger partial charge in [-0.1, -0.05) is 91.0 Å². The first kappa shape index (κ1) is 18.4. The van der Waals surface area contributed by atoms with Crippen LogP contribution < -0.4 is 0 Å². The lowest BCUT2D eigenvalue weighted by molar-refractivity contribution is 0.0609. The molecule has 30 heavy (non-hydrogen) atoms. The Morgan fingerprint density at radius 2 is 1.63 bits per heavy atom. The quantitative estimate of drug-likeness (QED) is 0.454. The van der Waals surface area contributed by atoms with Crippen molar-refractivity contribution in [2.24, 2.45) is 0 Å². The van der Waals surface area contributed by atoms with Gasteiger partial charge in [0.25, 0.3) is 0 Å². The van der Waals surface area contributed by atoms with Crippen molar-refractivity contribution in [1.82, 2.24) is 0 Å². The Hall–Kier alpha value is -3.65. The molecule has 146 valence electrons. The van der Waals surface area contributed by atoms with E-state index in [9.17, 15) is 4.79 Å². The summed E-state index contributed by atoms with van der Waals surface area (Å²) < 4.78 is 6.15. The molecule has 1 unspecified atom stereocenters. The Bertz CT molecular complexity index is 1180. The van der Waals surface area contributed by atoms with Crippen LogP contribution in [0, 0.1) is 0 Å². The zero-order valence-electron chi connectivity index (χ0n) is 16.7. The molecule has 0 radical (unpaired) electrons. The van der Waals surface area contributed by atoms with Crippen LogP contribution in [0.25, 0.3) is 17.7 Å². The third-order valence-corrected chi connectivity index (χ3v) is 5.95. The summed E-state index contributed by atoms with van der Waals surface area (Å²) in [6.45, 7) is 3.84. The van der Waals surface area contributed by atoms with Crippen molar-refractivity contribution in [3.05, 3.63) is 125 Å². The van der Waals surface area contributed by atoms with Gasteiger partial charge in [-0.3, -0.25) is 0 Å². The van der Waals surface area contributed by atoms with Gasteiger partial charge in [0, 0.05) is 0 Å². The molecule has 0 N–H and O–H groups in total. The molecule has 0 saturated carbocycles. The third-order valence-electron chi connectivity index (χ3n) is 5.95. The summed E-state index contributed by atoms with van der Waals surface area (Å²) in [7, 11) is 0. The number of rotatable bonds is 4. The Morgan fingerprint density at radius 1 is 0.900 bits per heavy atom. The molecule has 0 aliphatic heterocycles. The van der Waals surface area contributed by atoms with Crippen LogP contribution in [0.5, 0.6) is 0 Å². The summed E-state index contributed by atoms with van der Waals surface area (Å²) in [5.74, 6) is 0.450. The number of carbonyl (C=O) groups excluding carboxylic acids is 1. The second-order valence-electron chi connectivity index (χ2n) is 7.71. The summed E-state index contributed by atoms with van der Waals surface area (Å²) in [6, 6.07) is 25.9. The highest BCUT2D eigenvalue weighted by molar-refractivity contribution is 5.91. The van der Waals surface area contributed by atoms with Gasteiger partial charge in [0.2, 0.25) is 0 Å². The lowest BCUT2D eigenvalue weighted by atomic mass is 9.80. The molecule has 2 heteroatoms. The van der Waals surface area contributed by atoms with Crippen molar-refractivity contribution >= 4 is 23.7 Å². The van der Waals surface area contributed by atoms with E-state index in [-0.39, 0.29) is 11.9 Å². The Kier molecular flexibility index (Phi) is 4.68. The van der Waals surface area contributed by atoms with Crippen LogP contribution in [0.2, 0.25) is 0 Å². The fourth-order valence-electron chi connectivity index (χ4n) is 4.44. The molecule has 5 rings (SSSR count). The SMILES string of the molecule is C=Cc1ccc(C2=C(OC(=O)c3ccccc3)C3C(=Cc4ccccc43)CC2)cc1. The standard InChI is InChI=1S/C28H22O2/c1-2-19-12-14-20(15-13-19)25-17-16-23-18-22-10-6-7-11-24(22)26(23)27(25)30-28(29)21-8-4-3-5-9-21/h2-15,18,26H,1,16-17H2. The first-order valence-electron chi connectivity index (χ1n) is 10.3. The van der Waals surface area contributed by atoms with Crippen molar-refractivity contribution in [2.45, 2.75) is 18.8 Å². The lowest BCUT2D eigenvalue weighted by Gasteiger charge is -2.28. The van der Waals surface area contributed by atoms with Crippen molar-refractivity contribution in [2.75, 3.05) is 0 Å². The van der Waals surface area contributed by atoms with E-state index < -0.39 is 0 Å². The van der Waals surface area contributed by atoms with E-state index in [1.54, 1.807) is 12.1 Å². The predicted molar refractivity (Wildman–Crippen MR) is 122 cm³/mol. The van der Waals surface area contributed by atoms with Gasteiger partial charge < -0.3 is 4.74 Å². The number of ether oxygens (including phenoxy) is 1. The average Bonchev–Trinajstić information content (AvgIpc) is 3.19. The third kappa shape index (κ3) is 3.21. The zero-order chi connectivity index (χ0) is 20.5.